The lowest BCUT2D eigenvalue weighted by molar-refractivity contribution is -0.126. The maximum absolute atomic E-state index is 12.5. The smallest absolute Gasteiger partial charge is 0.309 e. The Hall–Kier alpha value is -0.440. The Kier molecular flexibility index (Phi) is 6.45. The molecular formula is C14H25O4P. The van der Waals surface area contributed by atoms with E-state index >= 15 is 0 Å². The van der Waals surface area contributed by atoms with E-state index in [1.165, 1.54) is 0 Å². The number of carbonyl (C=O) groups excluding carboxylic acids is 1. The zero-order valence-electron chi connectivity index (χ0n) is 12.0. The Labute approximate surface area is 116 Å². The molecule has 5 heteroatoms. The molecule has 19 heavy (non-hydrogen) atoms. The highest BCUT2D eigenvalue weighted by molar-refractivity contribution is 7.54. The van der Waals surface area contributed by atoms with Crippen molar-refractivity contribution < 1.29 is 18.4 Å². The third-order valence-corrected chi connectivity index (χ3v) is 5.65. The first-order chi connectivity index (χ1) is 9.02. The van der Waals surface area contributed by atoms with Gasteiger partial charge in [0.05, 0.1) is 13.2 Å². The lowest BCUT2D eigenvalue weighted by Gasteiger charge is -2.27. The molecule has 110 valence electrons. The number of carbonyl (C=O) groups is 1. The van der Waals surface area contributed by atoms with Gasteiger partial charge in [0, 0.05) is 5.41 Å². The second-order valence-electron chi connectivity index (χ2n) is 5.01. The molecule has 1 aliphatic rings. The van der Waals surface area contributed by atoms with Crippen molar-refractivity contribution in [2.24, 2.45) is 5.41 Å². The van der Waals surface area contributed by atoms with Crippen LogP contribution in [0.3, 0.4) is 0 Å². The quantitative estimate of drug-likeness (QED) is 0.476. The normalized spacial score (nSPS) is 18.4. The summed E-state index contributed by atoms with van der Waals surface area (Å²) in [6.45, 7) is 7.83. The van der Waals surface area contributed by atoms with E-state index in [0.29, 0.717) is 19.6 Å². The zero-order chi connectivity index (χ0) is 14.4. The monoisotopic (exact) mass is 288 g/mol. The van der Waals surface area contributed by atoms with Crippen molar-refractivity contribution in [2.75, 3.05) is 19.4 Å². The van der Waals surface area contributed by atoms with E-state index in [9.17, 15) is 9.36 Å². The summed E-state index contributed by atoms with van der Waals surface area (Å²) < 4.78 is 22.9. The third kappa shape index (κ3) is 4.27. The van der Waals surface area contributed by atoms with Gasteiger partial charge >= 0.3 is 7.60 Å². The van der Waals surface area contributed by atoms with E-state index in [1.54, 1.807) is 19.9 Å². The van der Waals surface area contributed by atoms with Crippen LogP contribution >= 0.6 is 7.60 Å². The molecule has 0 aliphatic heterocycles. The molecule has 0 atom stereocenters. The summed E-state index contributed by atoms with van der Waals surface area (Å²) >= 11 is 0. The largest absolute Gasteiger partial charge is 0.338 e. The van der Waals surface area contributed by atoms with Crippen LogP contribution in [0.25, 0.3) is 0 Å². The number of rotatable bonds is 9. The van der Waals surface area contributed by atoms with E-state index in [-0.39, 0.29) is 17.4 Å². The number of allylic oxidation sites excluding steroid dienone is 1. The lowest BCUT2D eigenvalue weighted by atomic mass is 9.79. The minimum absolute atomic E-state index is 0.00938. The predicted molar refractivity (Wildman–Crippen MR) is 76.4 cm³/mol. The first-order valence-corrected chi connectivity index (χ1v) is 8.77. The molecule has 0 heterocycles. The Morgan fingerprint density at radius 3 is 2.21 bits per heavy atom. The van der Waals surface area contributed by atoms with E-state index in [1.807, 2.05) is 0 Å². The molecule has 0 bridgehead atoms. The van der Waals surface area contributed by atoms with Gasteiger partial charge in [0.2, 0.25) is 0 Å². The van der Waals surface area contributed by atoms with Crippen molar-refractivity contribution in [3.8, 4) is 0 Å². The van der Waals surface area contributed by atoms with Crippen LogP contribution in [0, 0.1) is 5.41 Å². The van der Waals surface area contributed by atoms with Crippen LogP contribution in [-0.4, -0.2) is 25.2 Å². The van der Waals surface area contributed by atoms with Gasteiger partial charge in [0.15, 0.2) is 5.78 Å². The first kappa shape index (κ1) is 16.6. The Morgan fingerprint density at radius 1 is 1.26 bits per heavy atom. The van der Waals surface area contributed by atoms with Gasteiger partial charge in [-0.2, -0.15) is 0 Å². The topological polar surface area (TPSA) is 52.6 Å². The Morgan fingerprint density at radius 2 is 1.79 bits per heavy atom. The Balaban J connectivity index is 2.79. The van der Waals surface area contributed by atoms with Crippen LogP contribution in [0.4, 0.5) is 0 Å². The standard InChI is InChI=1S/C14H25O4P/c1-4-9-14(10-7-8-11-14)13(15)12-19(16,17-5-2)18-6-3/h4H,1,5-12H2,2-3H3. The van der Waals surface area contributed by atoms with Crippen molar-refractivity contribution in [1.82, 2.24) is 0 Å². The summed E-state index contributed by atoms with van der Waals surface area (Å²) in [5.41, 5.74) is -0.383. The molecule has 4 nitrogen and oxygen atoms in total. The van der Waals surface area contributed by atoms with Crippen LogP contribution in [-0.2, 0) is 18.4 Å². The number of hydrogen-bond acceptors (Lipinski definition) is 4. The highest BCUT2D eigenvalue weighted by atomic mass is 31.2. The van der Waals surface area contributed by atoms with Crippen LogP contribution in [0.2, 0.25) is 0 Å². The minimum atomic E-state index is -3.28. The molecule has 0 radical (unpaired) electrons. The molecule has 1 saturated carbocycles. The SMILES string of the molecule is C=CCC1(C(=O)CP(=O)(OCC)OCC)CCCC1. The van der Waals surface area contributed by atoms with E-state index in [4.69, 9.17) is 9.05 Å². The van der Waals surface area contributed by atoms with Gasteiger partial charge in [-0.1, -0.05) is 18.9 Å². The third-order valence-electron chi connectivity index (χ3n) is 3.68. The summed E-state index contributed by atoms with van der Waals surface area (Å²) in [6, 6.07) is 0. The second-order valence-corrected chi connectivity index (χ2v) is 7.06. The predicted octanol–water partition coefficient (Wildman–Crippen LogP) is 3.96. The average molecular weight is 288 g/mol. The fourth-order valence-electron chi connectivity index (χ4n) is 2.79. The molecule has 0 aromatic carbocycles. The van der Waals surface area contributed by atoms with E-state index in [0.717, 1.165) is 25.7 Å². The molecule has 0 spiro atoms. The minimum Gasteiger partial charge on any atom is -0.309 e. The molecule has 0 aromatic heterocycles. The zero-order valence-corrected chi connectivity index (χ0v) is 12.9. The summed E-state index contributed by atoms with van der Waals surface area (Å²) in [6.07, 6.45) is 6.15. The Bertz CT molecular complexity index is 348. The van der Waals surface area contributed by atoms with Crippen molar-refractivity contribution >= 4 is 13.4 Å². The molecule has 1 aliphatic carbocycles. The van der Waals surface area contributed by atoms with Gasteiger partial charge in [-0.25, -0.2) is 0 Å². The van der Waals surface area contributed by atoms with Gasteiger partial charge in [-0.05, 0) is 33.1 Å². The average Bonchev–Trinajstić information content (AvgIpc) is 2.79. The summed E-state index contributed by atoms with van der Waals surface area (Å²) in [7, 11) is -3.28. The molecule has 1 fully saturated rings. The first-order valence-electron chi connectivity index (χ1n) is 7.04. The van der Waals surface area contributed by atoms with Gasteiger partial charge in [0.1, 0.15) is 6.16 Å². The van der Waals surface area contributed by atoms with Crippen LogP contribution < -0.4 is 0 Å². The number of ketones is 1. The molecule has 1 rings (SSSR count). The number of hydrogen-bond donors (Lipinski definition) is 0. The molecule has 0 unspecified atom stereocenters. The molecule has 0 aromatic rings. The second kappa shape index (κ2) is 7.37. The highest BCUT2D eigenvalue weighted by Crippen LogP contribution is 2.52. The summed E-state index contributed by atoms with van der Waals surface area (Å²) in [5.74, 6) is 0.00938. The fourth-order valence-corrected chi connectivity index (χ4v) is 4.52. The molecule has 0 N–H and O–H groups in total. The van der Waals surface area contributed by atoms with Crippen molar-refractivity contribution in [3.63, 3.8) is 0 Å². The summed E-state index contributed by atoms with van der Waals surface area (Å²) in [5, 5.41) is 0. The highest BCUT2D eigenvalue weighted by Gasteiger charge is 2.43. The summed E-state index contributed by atoms with van der Waals surface area (Å²) in [4.78, 5) is 12.5. The van der Waals surface area contributed by atoms with E-state index < -0.39 is 7.60 Å². The van der Waals surface area contributed by atoms with E-state index in [2.05, 4.69) is 6.58 Å². The van der Waals surface area contributed by atoms with Gasteiger partial charge in [-0.3, -0.25) is 9.36 Å². The van der Waals surface area contributed by atoms with Gasteiger partial charge in [0.25, 0.3) is 0 Å². The maximum atomic E-state index is 12.5. The van der Waals surface area contributed by atoms with Crippen LogP contribution in [0.5, 0.6) is 0 Å². The fraction of sp³-hybridized carbons (Fsp3) is 0.786. The van der Waals surface area contributed by atoms with Crippen LogP contribution in [0.15, 0.2) is 12.7 Å². The van der Waals surface area contributed by atoms with Crippen molar-refractivity contribution in [3.05, 3.63) is 12.7 Å². The van der Waals surface area contributed by atoms with Gasteiger partial charge in [-0.15, -0.1) is 6.58 Å². The molecule has 0 saturated heterocycles. The van der Waals surface area contributed by atoms with Crippen LogP contribution in [0.1, 0.15) is 46.0 Å². The molecule has 0 amide bonds. The lowest BCUT2D eigenvalue weighted by Crippen LogP contribution is -2.30. The number of Topliss-reactive ketones (excluding diaryl/α,β-unsaturated/α-hetero) is 1. The van der Waals surface area contributed by atoms with Crippen molar-refractivity contribution in [1.29, 1.82) is 0 Å². The van der Waals surface area contributed by atoms with Gasteiger partial charge < -0.3 is 9.05 Å². The molecular weight excluding hydrogens is 263 g/mol. The van der Waals surface area contributed by atoms with Crippen molar-refractivity contribution in [2.45, 2.75) is 46.0 Å². The maximum Gasteiger partial charge on any atom is 0.338 e.